The lowest BCUT2D eigenvalue weighted by atomic mass is 10.1. The van der Waals surface area contributed by atoms with Gasteiger partial charge in [0.15, 0.2) is 5.69 Å². The molecule has 2 aromatic rings. The number of aryl methyl sites for hydroxylation is 1. The predicted molar refractivity (Wildman–Crippen MR) is 101 cm³/mol. The summed E-state index contributed by atoms with van der Waals surface area (Å²) in [6, 6.07) is 7.49. The van der Waals surface area contributed by atoms with E-state index in [0.717, 1.165) is 17.7 Å². The zero-order valence-corrected chi connectivity index (χ0v) is 16.0. The van der Waals surface area contributed by atoms with E-state index in [1.165, 1.54) is 18.4 Å². The van der Waals surface area contributed by atoms with Crippen LogP contribution < -0.4 is 5.32 Å². The Morgan fingerprint density at radius 2 is 2.12 bits per heavy atom. The second-order valence-electron chi connectivity index (χ2n) is 5.52. The Hall–Kier alpha value is -2.45. The summed E-state index contributed by atoms with van der Waals surface area (Å²) in [6.45, 7) is 3.15. The van der Waals surface area contributed by atoms with Gasteiger partial charge in [0.1, 0.15) is 5.01 Å². The van der Waals surface area contributed by atoms with Gasteiger partial charge in [-0.3, -0.25) is 0 Å². The molecule has 0 saturated carbocycles. The van der Waals surface area contributed by atoms with E-state index < -0.39 is 5.97 Å². The Bertz CT molecular complexity index is 748. The molecule has 0 unspecified atom stereocenters. The predicted octanol–water partition coefficient (Wildman–Crippen LogP) is 3.17. The maximum Gasteiger partial charge on any atom is 0.357 e. The van der Waals surface area contributed by atoms with Crippen LogP contribution in [0.4, 0.5) is 10.5 Å². The lowest BCUT2D eigenvalue weighted by Crippen LogP contribution is -2.36. The van der Waals surface area contributed by atoms with E-state index in [1.54, 1.807) is 17.4 Å². The highest BCUT2D eigenvalue weighted by molar-refractivity contribution is 7.09. The first-order valence-electron chi connectivity index (χ1n) is 8.23. The van der Waals surface area contributed by atoms with E-state index in [1.807, 2.05) is 24.3 Å². The quantitative estimate of drug-likeness (QED) is 0.715. The number of aromatic nitrogens is 1. The Labute approximate surface area is 156 Å². The largest absolute Gasteiger partial charge is 0.464 e. The molecular formula is C18H23N3O4S. The number of carbonyl (C=O) groups is 2. The number of anilines is 1. The summed E-state index contributed by atoms with van der Waals surface area (Å²) in [4.78, 5) is 30.0. The van der Waals surface area contributed by atoms with Crippen LogP contribution in [0.3, 0.4) is 0 Å². The van der Waals surface area contributed by atoms with Crippen LogP contribution in [0.25, 0.3) is 0 Å². The van der Waals surface area contributed by atoms with Gasteiger partial charge in [-0.05, 0) is 24.1 Å². The fourth-order valence-corrected chi connectivity index (χ4v) is 3.05. The molecule has 140 valence electrons. The SMILES string of the molecule is CCc1cccc(NC(=O)N(CCOC)Cc2nc(C(=O)OC)cs2)c1. The van der Waals surface area contributed by atoms with Gasteiger partial charge in [-0.2, -0.15) is 0 Å². The van der Waals surface area contributed by atoms with Crippen LogP contribution in [-0.4, -0.2) is 49.3 Å². The molecule has 0 aliphatic rings. The topological polar surface area (TPSA) is 80.8 Å². The van der Waals surface area contributed by atoms with Gasteiger partial charge in [0.2, 0.25) is 0 Å². The number of nitrogens with zero attached hydrogens (tertiary/aromatic N) is 2. The zero-order valence-electron chi connectivity index (χ0n) is 15.2. The summed E-state index contributed by atoms with van der Waals surface area (Å²) in [7, 11) is 2.89. The third-order valence-electron chi connectivity index (χ3n) is 3.71. The second kappa shape index (κ2) is 9.88. The molecule has 8 heteroatoms. The number of methoxy groups -OCH3 is 2. The van der Waals surface area contributed by atoms with Gasteiger partial charge in [-0.15, -0.1) is 11.3 Å². The zero-order chi connectivity index (χ0) is 18.9. The minimum Gasteiger partial charge on any atom is -0.464 e. The fourth-order valence-electron chi connectivity index (χ4n) is 2.27. The highest BCUT2D eigenvalue weighted by Crippen LogP contribution is 2.16. The molecule has 0 saturated heterocycles. The number of ether oxygens (including phenoxy) is 2. The number of thiazole rings is 1. The molecule has 7 nitrogen and oxygen atoms in total. The lowest BCUT2D eigenvalue weighted by Gasteiger charge is -2.22. The second-order valence-corrected chi connectivity index (χ2v) is 6.46. The van der Waals surface area contributed by atoms with Crippen molar-refractivity contribution in [3.8, 4) is 0 Å². The van der Waals surface area contributed by atoms with Gasteiger partial charge >= 0.3 is 12.0 Å². The summed E-state index contributed by atoms with van der Waals surface area (Å²) in [5, 5.41) is 5.18. The van der Waals surface area contributed by atoms with Crippen LogP contribution in [0.2, 0.25) is 0 Å². The van der Waals surface area contributed by atoms with E-state index in [9.17, 15) is 9.59 Å². The number of nitrogens with one attached hydrogen (secondary N) is 1. The standard InChI is InChI=1S/C18H23N3O4S/c1-4-13-6-5-7-14(10-13)19-18(23)21(8-9-24-2)11-16-20-15(12-26-16)17(22)25-3/h5-7,10,12H,4,8-9,11H2,1-3H3,(H,19,23). The number of rotatable bonds is 8. The van der Waals surface area contributed by atoms with Gasteiger partial charge < -0.3 is 19.7 Å². The normalized spacial score (nSPS) is 10.4. The smallest absolute Gasteiger partial charge is 0.357 e. The van der Waals surface area contributed by atoms with Crippen molar-refractivity contribution in [2.45, 2.75) is 19.9 Å². The minimum atomic E-state index is -0.489. The molecule has 1 heterocycles. The van der Waals surface area contributed by atoms with Crippen LogP contribution in [0, 0.1) is 0 Å². The summed E-state index contributed by atoms with van der Waals surface area (Å²) in [5.74, 6) is -0.489. The first kappa shape index (κ1) is 19.9. The number of benzene rings is 1. The average Bonchev–Trinajstić information content (AvgIpc) is 3.13. The maximum atomic E-state index is 12.7. The molecule has 0 aliphatic heterocycles. The van der Waals surface area contributed by atoms with Crippen molar-refractivity contribution in [3.05, 3.63) is 45.9 Å². The van der Waals surface area contributed by atoms with Crippen LogP contribution >= 0.6 is 11.3 Å². The van der Waals surface area contributed by atoms with Crippen LogP contribution in [0.15, 0.2) is 29.6 Å². The van der Waals surface area contributed by atoms with E-state index in [-0.39, 0.29) is 18.3 Å². The van der Waals surface area contributed by atoms with Crippen molar-refractivity contribution in [1.29, 1.82) is 0 Å². The van der Waals surface area contributed by atoms with Crippen molar-refractivity contribution in [1.82, 2.24) is 9.88 Å². The summed E-state index contributed by atoms with van der Waals surface area (Å²) in [5.41, 5.74) is 2.13. The van der Waals surface area contributed by atoms with Crippen LogP contribution in [-0.2, 0) is 22.4 Å². The maximum absolute atomic E-state index is 12.7. The van der Waals surface area contributed by atoms with E-state index in [0.29, 0.717) is 18.2 Å². The summed E-state index contributed by atoms with van der Waals surface area (Å²) in [6.07, 6.45) is 0.895. The number of hydrogen-bond donors (Lipinski definition) is 1. The number of urea groups is 1. The number of esters is 1. The minimum absolute atomic E-state index is 0.245. The van der Waals surface area contributed by atoms with E-state index in [4.69, 9.17) is 4.74 Å². The third-order valence-corrected chi connectivity index (χ3v) is 4.55. The van der Waals surface area contributed by atoms with Crippen molar-refractivity contribution < 1.29 is 19.1 Å². The van der Waals surface area contributed by atoms with Crippen LogP contribution in [0.5, 0.6) is 0 Å². The van der Waals surface area contributed by atoms with Gasteiger partial charge in [0.25, 0.3) is 0 Å². The van der Waals surface area contributed by atoms with Crippen molar-refractivity contribution >= 4 is 29.0 Å². The Morgan fingerprint density at radius 3 is 2.81 bits per heavy atom. The number of hydrogen-bond acceptors (Lipinski definition) is 6. The van der Waals surface area contributed by atoms with Gasteiger partial charge in [0.05, 0.1) is 20.3 Å². The van der Waals surface area contributed by atoms with Gasteiger partial charge in [-0.25, -0.2) is 14.6 Å². The van der Waals surface area contributed by atoms with E-state index in [2.05, 4.69) is 22.0 Å². The fraction of sp³-hybridized carbons (Fsp3) is 0.389. The number of carbonyl (C=O) groups excluding carboxylic acids is 2. The van der Waals surface area contributed by atoms with Gasteiger partial charge in [-0.1, -0.05) is 19.1 Å². The molecule has 1 N–H and O–H groups in total. The van der Waals surface area contributed by atoms with Crippen molar-refractivity contribution in [3.63, 3.8) is 0 Å². The van der Waals surface area contributed by atoms with Crippen molar-refractivity contribution in [2.75, 3.05) is 32.7 Å². The molecule has 1 aromatic carbocycles. The summed E-state index contributed by atoms with van der Waals surface area (Å²) >= 11 is 1.31. The van der Waals surface area contributed by atoms with Gasteiger partial charge in [0, 0.05) is 24.7 Å². The first-order valence-corrected chi connectivity index (χ1v) is 9.11. The molecule has 0 spiro atoms. The Morgan fingerprint density at radius 1 is 1.31 bits per heavy atom. The molecule has 2 rings (SSSR count). The van der Waals surface area contributed by atoms with Crippen LogP contribution in [0.1, 0.15) is 28.0 Å². The highest BCUT2D eigenvalue weighted by Gasteiger charge is 2.18. The van der Waals surface area contributed by atoms with Crippen molar-refractivity contribution in [2.24, 2.45) is 0 Å². The Balaban J connectivity index is 2.08. The Kier molecular flexibility index (Phi) is 7.55. The molecule has 0 fully saturated rings. The lowest BCUT2D eigenvalue weighted by molar-refractivity contribution is 0.0594. The molecular weight excluding hydrogens is 354 g/mol. The average molecular weight is 377 g/mol. The van der Waals surface area contributed by atoms with E-state index >= 15 is 0 Å². The molecule has 2 amide bonds. The molecule has 1 aromatic heterocycles. The molecule has 26 heavy (non-hydrogen) atoms. The molecule has 0 aliphatic carbocycles. The first-order chi connectivity index (χ1) is 12.6. The molecule has 0 bridgehead atoms. The highest BCUT2D eigenvalue weighted by atomic mass is 32.1. The summed E-state index contributed by atoms with van der Waals surface area (Å²) < 4.78 is 9.76. The molecule has 0 radical (unpaired) electrons. The monoisotopic (exact) mass is 377 g/mol. The molecule has 0 atom stereocenters. The number of amides is 2. The third kappa shape index (κ3) is 5.53.